The fourth-order valence-electron chi connectivity index (χ4n) is 17.5. The van der Waals surface area contributed by atoms with Crippen molar-refractivity contribution in [3.05, 3.63) is 413 Å². The van der Waals surface area contributed by atoms with Gasteiger partial charge in [0, 0.05) is 37.0 Å². The Labute approximate surface area is 643 Å². The van der Waals surface area contributed by atoms with Crippen molar-refractivity contribution in [1.82, 2.24) is 0 Å². The van der Waals surface area contributed by atoms with E-state index >= 15 is 0 Å². The summed E-state index contributed by atoms with van der Waals surface area (Å²) in [7, 11) is 0. The van der Waals surface area contributed by atoms with Crippen LogP contribution in [0.4, 0.5) is 0 Å². The summed E-state index contributed by atoms with van der Waals surface area (Å²) >= 11 is 1.87. The molecule has 18 aromatic carbocycles. The molecule has 2 aliphatic rings. The fourth-order valence-corrected chi connectivity index (χ4v) is 18.8. The van der Waals surface area contributed by atoms with Crippen LogP contribution in [-0.2, 0) is 0 Å². The van der Waals surface area contributed by atoms with Gasteiger partial charge in [0.25, 0.3) is 0 Å². The highest BCUT2D eigenvalue weighted by Crippen LogP contribution is 2.60. The van der Waals surface area contributed by atoms with Gasteiger partial charge in [-0.2, -0.15) is 0 Å². The summed E-state index contributed by atoms with van der Waals surface area (Å²) in [6, 6.07) is 150. The largest absolute Gasteiger partial charge is 0.455 e. The Balaban J connectivity index is 0.000000140. The minimum absolute atomic E-state index is 0.895. The minimum atomic E-state index is 0.895. The van der Waals surface area contributed by atoms with Crippen molar-refractivity contribution in [2.75, 3.05) is 0 Å². The maximum Gasteiger partial charge on any atom is 0.143 e. The molecule has 0 atom stereocenters. The molecule has 1 nitrogen and oxygen atoms in total. The van der Waals surface area contributed by atoms with Gasteiger partial charge in [-0.1, -0.05) is 388 Å². The zero-order valence-electron chi connectivity index (χ0n) is 60.1. The molecule has 0 amide bonds. The number of fused-ring (bicyclic) bond motifs is 8. The molecule has 110 heavy (non-hydrogen) atoms. The summed E-state index contributed by atoms with van der Waals surface area (Å²) in [5.41, 5.74) is 38.2. The number of hydrogen-bond donors (Lipinski definition) is 0. The van der Waals surface area contributed by atoms with E-state index in [0.717, 1.165) is 39.0 Å². The molecule has 0 N–H and O–H groups in total. The average Bonchev–Trinajstić information content (AvgIpc) is 1.55. The standard InChI is InChI=1S/C54H34O.C54H34S/c2*1-4-14-37(15-5-1)47-34-46(50(40-16-6-2-7-17-40)53-45-24-13-21-39-20-12-23-44(49(39)45)52(47)53)38-30-26-35(27-31-38)36-28-32-42(33-29-36)54-51(41-18-8-3-9-19-41)43-22-10-11-25-48(43)55-54/h2*1-34H. The third-order valence-electron chi connectivity index (χ3n) is 22.5. The third-order valence-corrected chi connectivity index (χ3v) is 23.7. The van der Waals surface area contributed by atoms with Crippen LogP contribution < -0.4 is 0 Å². The molecule has 0 spiro atoms. The molecular weight excluding hydrogens is 1350 g/mol. The first-order valence-electron chi connectivity index (χ1n) is 37.9. The molecule has 22 rings (SSSR count). The van der Waals surface area contributed by atoms with Crippen LogP contribution in [0, 0.1) is 0 Å². The van der Waals surface area contributed by atoms with Gasteiger partial charge < -0.3 is 4.42 Å². The maximum atomic E-state index is 6.51. The Kier molecular flexibility index (Phi) is 15.9. The van der Waals surface area contributed by atoms with Gasteiger partial charge >= 0.3 is 0 Å². The van der Waals surface area contributed by atoms with Gasteiger partial charge in [0.05, 0.1) is 0 Å². The van der Waals surface area contributed by atoms with Crippen molar-refractivity contribution >= 4 is 53.9 Å². The Morgan fingerprint density at radius 3 is 0.891 bits per heavy atom. The molecule has 0 unspecified atom stereocenters. The highest BCUT2D eigenvalue weighted by atomic mass is 32.1. The Morgan fingerprint density at radius 2 is 0.473 bits per heavy atom. The van der Waals surface area contributed by atoms with E-state index < -0.39 is 0 Å². The number of para-hydroxylation sites is 1. The lowest BCUT2D eigenvalue weighted by Gasteiger charge is -2.21. The molecule has 2 heterocycles. The van der Waals surface area contributed by atoms with Crippen LogP contribution in [0.15, 0.2) is 417 Å². The van der Waals surface area contributed by atoms with Crippen LogP contribution in [0.25, 0.3) is 220 Å². The lowest BCUT2D eigenvalue weighted by molar-refractivity contribution is 0.632. The monoisotopic (exact) mass is 1410 g/mol. The van der Waals surface area contributed by atoms with E-state index in [9.17, 15) is 0 Å². The first-order chi connectivity index (χ1) is 54.6. The van der Waals surface area contributed by atoms with E-state index in [4.69, 9.17) is 4.42 Å². The molecule has 0 saturated carbocycles. The molecule has 2 aromatic heterocycles. The SMILES string of the molecule is c1ccc(-c2cc(-c3ccc(-c4ccc(-c5oc6ccccc6c5-c5ccccc5)cc4)cc3)c(-c3ccccc3)c3c2-c2cccc4cccc-3c24)cc1.c1ccc(-c2cc(-c3ccc(-c4ccc(-c5sc6ccccc6c5-c5ccccc5)cc4)cc3)c(-c3ccccc3)c3c2-c2cccc4cccc-3c24)cc1. The second-order valence-electron chi connectivity index (χ2n) is 28.7. The lowest BCUT2D eigenvalue weighted by Crippen LogP contribution is -1.94. The molecule has 0 saturated heterocycles. The van der Waals surface area contributed by atoms with E-state index in [0.29, 0.717) is 0 Å². The second-order valence-corrected chi connectivity index (χ2v) is 29.8. The number of thiophene rings is 1. The van der Waals surface area contributed by atoms with Crippen LogP contribution in [-0.4, -0.2) is 0 Å². The van der Waals surface area contributed by atoms with E-state index in [1.54, 1.807) is 0 Å². The molecule has 2 aliphatic carbocycles. The number of benzene rings is 18. The topological polar surface area (TPSA) is 13.1 Å². The fraction of sp³-hybridized carbons (Fsp3) is 0. The van der Waals surface area contributed by atoms with Gasteiger partial charge in [-0.25, -0.2) is 0 Å². The molecule has 512 valence electrons. The van der Waals surface area contributed by atoms with E-state index in [1.807, 2.05) is 23.5 Å². The molecular formula is C108H68OS. The Morgan fingerprint density at radius 1 is 0.173 bits per heavy atom. The smallest absolute Gasteiger partial charge is 0.143 e. The van der Waals surface area contributed by atoms with Crippen molar-refractivity contribution in [2.24, 2.45) is 0 Å². The molecule has 2 heteroatoms. The molecule has 0 aliphatic heterocycles. The highest BCUT2D eigenvalue weighted by molar-refractivity contribution is 7.23. The van der Waals surface area contributed by atoms with Crippen LogP contribution in [0.3, 0.4) is 0 Å². The van der Waals surface area contributed by atoms with Crippen molar-refractivity contribution < 1.29 is 4.42 Å². The van der Waals surface area contributed by atoms with Crippen molar-refractivity contribution in [2.45, 2.75) is 0 Å². The number of hydrogen-bond acceptors (Lipinski definition) is 2. The summed E-state index contributed by atoms with van der Waals surface area (Å²) in [5.74, 6) is 0.895. The van der Waals surface area contributed by atoms with Gasteiger partial charge in [-0.05, 0) is 196 Å². The quantitative estimate of drug-likeness (QED) is 0.119. The van der Waals surface area contributed by atoms with Crippen LogP contribution in [0.5, 0.6) is 0 Å². The average molecular weight is 1410 g/mol. The summed E-state index contributed by atoms with van der Waals surface area (Å²) < 4.78 is 7.82. The van der Waals surface area contributed by atoms with Crippen LogP contribution >= 0.6 is 11.3 Å². The maximum absolute atomic E-state index is 6.51. The molecule has 0 radical (unpaired) electrons. The third kappa shape index (κ3) is 11.0. The summed E-state index contributed by atoms with van der Waals surface area (Å²) in [4.78, 5) is 1.31. The second kappa shape index (κ2) is 27.1. The summed E-state index contributed by atoms with van der Waals surface area (Å²) in [5, 5.41) is 7.68. The first kappa shape index (κ1) is 64.4. The predicted octanol–water partition coefficient (Wildman–Crippen LogP) is 30.9. The molecule has 0 bridgehead atoms. The van der Waals surface area contributed by atoms with Crippen LogP contribution in [0.1, 0.15) is 0 Å². The van der Waals surface area contributed by atoms with E-state index in [1.165, 1.54) is 181 Å². The van der Waals surface area contributed by atoms with Gasteiger partial charge in [0.15, 0.2) is 0 Å². The van der Waals surface area contributed by atoms with Crippen molar-refractivity contribution in [3.8, 4) is 178 Å². The van der Waals surface area contributed by atoms with Gasteiger partial charge in [-0.3, -0.25) is 0 Å². The predicted molar refractivity (Wildman–Crippen MR) is 467 cm³/mol. The van der Waals surface area contributed by atoms with Crippen molar-refractivity contribution in [3.63, 3.8) is 0 Å². The van der Waals surface area contributed by atoms with Crippen molar-refractivity contribution in [1.29, 1.82) is 0 Å². The lowest BCUT2D eigenvalue weighted by atomic mass is 9.82. The summed E-state index contributed by atoms with van der Waals surface area (Å²) in [6.07, 6.45) is 0. The highest BCUT2D eigenvalue weighted by Gasteiger charge is 2.33. The number of furan rings is 1. The minimum Gasteiger partial charge on any atom is -0.455 e. The zero-order chi connectivity index (χ0) is 72.6. The van der Waals surface area contributed by atoms with Gasteiger partial charge in [0.1, 0.15) is 11.3 Å². The Hall–Kier alpha value is -14.0. The van der Waals surface area contributed by atoms with Gasteiger partial charge in [0.2, 0.25) is 0 Å². The van der Waals surface area contributed by atoms with Gasteiger partial charge in [-0.15, -0.1) is 11.3 Å². The first-order valence-corrected chi connectivity index (χ1v) is 38.7. The number of rotatable bonds is 12. The van der Waals surface area contributed by atoms with E-state index in [2.05, 4.69) is 400 Å². The summed E-state index contributed by atoms with van der Waals surface area (Å²) in [6.45, 7) is 0. The zero-order valence-corrected chi connectivity index (χ0v) is 60.9. The normalized spacial score (nSPS) is 11.6. The van der Waals surface area contributed by atoms with E-state index in [-0.39, 0.29) is 0 Å². The molecule has 20 aromatic rings. The van der Waals surface area contributed by atoms with Crippen LogP contribution in [0.2, 0.25) is 0 Å². The molecule has 0 fully saturated rings. The Bertz CT molecular complexity index is 6470.